The number of carboxylic acid groups (broad SMARTS) is 1. The van der Waals surface area contributed by atoms with Crippen LogP contribution in [-0.4, -0.2) is 16.1 Å². The third-order valence-corrected chi connectivity index (χ3v) is 4.49. The number of aryl methyl sites for hydroxylation is 1. The van der Waals surface area contributed by atoms with E-state index < -0.39 is 5.97 Å². The number of nitrogens with zero attached hydrogens (tertiary/aromatic N) is 1. The fourth-order valence-electron chi connectivity index (χ4n) is 1.89. The van der Waals surface area contributed by atoms with Crippen LogP contribution in [0.3, 0.4) is 0 Å². The second kappa shape index (κ2) is 5.46. The van der Waals surface area contributed by atoms with E-state index in [4.69, 9.17) is 9.52 Å². The van der Waals surface area contributed by atoms with Gasteiger partial charge in [0.25, 0.3) is 0 Å². The molecular formula is C15H10BrNO3S. The van der Waals surface area contributed by atoms with Crippen LogP contribution in [0.1, 0.15) is 15.9 Å². The van der Waals surface area contributed by atoms with Gasteiger partial charge in [0.05, 0.1) is 5.56 Å². The predicted molar refractivity (Wildman–Crippen MR) is 84.6 cm³/mol. The van der Waals surface area contributed by atoms with E-state index in [0.717, 1.165) is 15.0 Å². The summed E-state index contributed by atoms with van der Waals surface area (Å²) in [5.74, 6) is -0.556. The van der Waals surface area contributed by atoms with Gasteiger partial charge in [0.2, 0.25) is 0 Å². The molecule has 0 saturated heterocycles. The van der Waals surface area contributed by atoms with E-state index in [1.54, 1.807) is 0 Å². The smallest absolute Gasteiger partial charge is 0.338 e. The van der Waals surface area contributed by atoms with Crippen molar-refractivity contribution < 1.29 is 14.3 Å². The number of aromatic nitrogens is 1. The fourth-order valence-corrected chi connectivity index (χ4v) is 3.55. The van der Waals surface area contributed by atoms with Gasteiger partial charge >= 0.3 is 5.97 Å². The largest absolute Gasteiger partial charge is 0.478 e. The molecule has 6 heteroatoms. The summed E-state index contributed by atoms with van der Waals surface area (Å²) < 4.78 is 6.24. The lowest BCUT2D eigenvalue weighted by atomic mass is 10.2. The highest BCUT2D eigenvalue weighted by atomic mass is 79.9. The Kier molecular flexibility index (Phi) is 3.65. The summed E-state index contributed by atoms with van der Waals surface area (Å²) in [5, 5.41) is 11.6. The number of halogens is 1. The van der Waals surface area contributed by atoms with Gasteiger partial charge in [-0.25, -0.2) is 9.78 Å². The quantitative estimate of drug-likeness (QED) is 0.722. The molecule has 0 amide bonds. The van der Waals surface area contributed by atoms with Crippen molar-refractivity contribution in [2.75, 3.05) is 0 Å². The second-order valence-corrected chi connectivity index (χ2v) is 6.24. The van der Waals surface area contributed by atoms with E-state index >= 15 is 0 Å². The minimum absolute atomic E-state index is 0.121. The standard InChI is InChI=1S/C15H10BrNO3S/c1-8-2-3-10(11(16)4-8)14-17-12(7-21-14)13-5-9(6-20-13)15(18)19/h2-7H,1H3,(H,18,19). The van der Waals surface area contributed by atoms with Gasteiger partial charge in [0.15, 0.2) is 5.76 Å². The summed E-state index contributed by atoms with van der Waals surface area (Å²) in [7, 11) is 0. The highest BCUT2D eigenvalue weighted by molar-refractivity contribution is 9.10. The Balaban J connectivity index is 1.97. The van der Waals surface area contributed by atoms with Crippen molar-refractivity contribution in [1.29, 1.82) is 0 Å². The van der Waals surface area contributed by atoms with Crippen LogP contribution in [-0.2, 0) is 0 Å². The summed E-state index contributed by atoms with van der Waals surface area (Å²) in [5.41, 5.74) is 2.92. The minimum Gasteiger partial charge on any atom is -0.478 e. The molecule has 4 nitrogen and oxygen atoms in total. The van der Waals surface area contributed by atoms with Crippen molar-refractivity contribution in [2.24, 2.45) is 0 Å². The number of carbonyl (C=O) groups is 1. The SMILES string of the molecule is Cc1ccc(-c2nc(-c3cc(C(=O)O)co3)cs2)c(Br)c1. The summed E-state index contributed by atoms with van der Waals surface area (Å²) in [6.07, 6.45) is 1.22. The molecule has 21 heavy (non-hydrogen) atoms. The number of thiazole rings is 1. The monoisotopic (exact) mass is 363 g/mol. The van der Waals surface area contributed by atoms with Gasteiger partial charge in [-0.05, 0) is 18.6 Å². The molecule has 1 aromatic carbocycles. The van der Waals surface area contributed by atoms with Gasteiger partial charge < -0.3 is 9.52 Å². The molecule has 0 aliphatic carbocycles. The lowest BCUT2D eigenvalue weighted by molar-refractivity contribution is 0.0696. The highest BCUT2D eigenvalue weighted by Gasteiger charge is 2.14. The zero-order chi connectivity index (χ0) is 15.0. The first kappa shape index (κ1) is 14.0. The van der Waals surface area contributed by atoms with Gasteiger partial charge in [-0.15, -0.1) is 11.3 Å². The summed E-state index contributed by atoms with van der Waals surface area (Å²) in [6, 6.07) is 7.54. The molecule has 0 radical (unpaired) electrons. The average Bonchev–Trinajstić information content (AvgIpc) is 3.07. The minimum atomic E-state index is -1.01. The number of hydrogen-bond acceptors (Lipinski definition) is 4. The Labute approximate surface area is 133 Å². The fraction of sp³-hybridized carbons (Fsp3) is 0.0667. The maximum Gasteiger partial charge on any atom is 0.338 e. The van der Waals surface area contributed by atoms with Gasteiger partial charge in [-0.3, -0.25) is 0 Å². The van der Waals surface area contributed by atoms with Crippen LogP contribution < -0.4 is 0 Å². The summed E-state index contributed by atoms with van der Waals surface area (Å²) >= 11 is 5.02. The van der Waals surface area contributed by atoms with Gasteiger partial charge in [-0.1, -0.05) is 28.1 Å². The molecule has 0 fully saturated rings. The van der Waals surface area contributed by atoms with Crippen molar-refractivity contribution in [3.63, 3.8) is 0 Å². The molecule has 2 aromatic heterocycles. The maximum atomic E-state index is 10.9. The van der Waals surface area contributed by atoms with Crippen LogP contribution in [0.2, 0.25) is 0 Å². The third-order valence-electron chi connectivity index (χ3n) is 2.96. The van der Waals surface area contributed by atoms with Crippen LogP contribution in [0.4, 0.5) is 0 Å². The predicted octanol–water partition coefficient (Wildman–Crippen LogP) is 4.84. The molecule has 3 aromatic rings. The van der Waals surface area contributed by atoms with Crippen LogP contribution in [0.15, 0.2) is 44.8 Å². The zero-order valence-corrected chi connectivity index (χ0v) is 13.4. The Hall–Kier alpha value is -1.92. The van der Waals surface area contributed by atoms with Crippen molar-refractivity contribution in [3.8, 4) is 22.0 Å². The Morgan fingerprint density at radius 1 is 1.38 bits per heavy atom. The second-order valence-electron chi connectivity index (χ2n) is 4.53. The first-order valence-electron chi connectivity index (χ1n) is 6.09. The Morgan fingerprint density at radius 2 is 2.19 bits per heavy atom. The highest BCUT2D eigenvalue weighted by Crippen LogP contribution is 2.34. The zero-order valence-electron chi connectivity index (χ0n) is 11.0. The van der Waals surface area contributed by atoms with E-state index in [0.29, 0.717) is 11.5 Å². The van der Waals surface area contributed by atoms with Crippen molar-refractivity contribution in [3.05, 3.63) is 51.5 Å². The third kappa shape index (κ3) is 2.77. The molecule has 0 unspecified atom stereocenters. The molecule has 0 aliphatic heterocycles. The van der Waals surface area contributed by atoms with Gasteiger partial charge in [-0.2, -0.15) is 0 Å². The van der Waals surface area contributed by atoms with Gasteiger partial charge in [0, 0.05) is 21.5 Å². The number of hydrogen-bond donors (Lipinski definition) is 1. The van der Waals surface area contributed by atoms with Gasteiger partial charge in [0.1, 0.15) is 17.0 Å². The molecular weight excluding hydrogens is 354 g/mol. The molecule has 0 atom stereocenters. The summed E-state index contributed by atoms with van der Waals surface area (Å²) in [6.45, 7) is 2.03. The number of carboxylic acids is 1. The van der Waals surface area contributed by atoms with Crippen molar-refractivity contribution >= 4 is 33.2 Å². The molecule has 2 heterocycles. The van der Waals surface area contributed by atoms with E-state index in [1.165, 1.54) is 29.2 Å². The molecule has 3 rings (SSSR count). The lowest BCUT2D eigenvalue weighted by Gasteiger charge is -2.01. The molecule has 1 N–H and O–H groups in total. The molecule has 106 valence electrons. The van der Waals surface area contributed by atoms with E-state index in [2.05, 4.69) is 20.9 Å². The van der Waals surface area contributed by atoms with Crippen LogP contribution >= 0.6 is 27.3 Å². The maximum absolute atomic E-state index is 10.9. The van der Waals surface area contributed by atoms with Crippen LogP contribution in [0.25, 0.3) is 22.0 Å². The first-order chi connectivity index (χ1) is 10.0. The molecule has 0 saturated carbocycles. The van der Waals surface area contributed by atoms with Crippen LogP contribution in [0.5, 0.6) is 0 Å². The Morgan fingerprint density at radius 3 is 2.86 bits per heavy atom. The lowest BCUT2D eigenvalue weighted by Crippen LogP contribution is -1.91. The van der Waals surface area contributed by atoms with E-state index in [9.17, 15) is 4.79 Å². The topological polar surface area (TPSA) is 63.3 Å². The first-order valence-corrected chi connectivity index (χ1v) is 7.76. The normalized spacial score (nSPS) is 10.8. The van der Waals surface area contributed by atoms with Crippen molar-refractivity contribution in [1.82, 2.24) is 4.98 Å². The number of aromatic carboxylic acids is 1. The van der Waals surface area contributed by atoms with E-state index in [-0.39, 0.29) is 5.56 Å². The average molecular weight is 364 g/mol. The molecule has 0 spiro atoms. The molecule has 0 bridgehead atoms. The van der Waals surface area contributed by atoms with E-state index in [1.807, 2.05) is 30.5 Å². The van der Waals surface area contributed by atoms with Crippen LogP contribution in [0, 0.1) is 6.92 Å². The van der Waals surface area contributed by atoms with Crippen molar-refractivity contribution in [2.45, 2.75) is 6.92 Å². The number of furan rings is 1. The number of rotatable bonds is 3. The Bertz CT molecular complexity index is 822. The number of benzene rings is 1. The molecule has 0 aliphatic rings. The summed E-state index contributed by atoms with van der Waals surface area (Å²) in [4.78, 5) is 15.4.